The van der Waals surface area contributed by atoms with Gasteiger partial charge in [0, 0.05) is 16.7 Å². The van der Waals surface area contributed by atoms with Crippen LogP contribution in [-0.4, -0.2) is 21.2 Å². The predicted octanol–water partition coefficient (Wildman–Crippen LogP) is 4.12. The molecule has 2 aromatic carbocycles. The van der Waals surface area contributed by atoms with Crippen molar-refractivity contribution in [2.24, 2.45) is 0 Å². The van der Waals surface area contributed by atoms with Crippen LogP contribution in [0.3, 0.4) is 0 Å². The maximum absolute atomic E-state index is 12.9. The van der Waals surface area contributed by atoms with Crippen molar-refractivity contribution in [3.8, 4) is 22.8 Å². The van der Waals surface area contributed by atoms with E-state index in [1.807, 2.05) is 48.5 Å². The van der Waals surface area contributed by atoms with E-state index in [0.29, 0.717) is 43.4 Å². The molecule has 0 radical (unpaired) electrons. The minimum Gasteiger partial charge on any atom is -0.485 e. The van der Waals surface area contributed by atoms with E-state index in [9.17, 15) is 4.79 Å². The van der Waals surface area contributed by atoms with Crippen molar-refractivity contribution in [2.75, 3.05) is 6.61 Å². The summed E-state index contributed by atoms with van der Waals surface area (Å²) in [6.07, 6.45) is 1.22. The summed E-state index contributed by atoms with van der Waals surface area (Å²) in [6.45, 7) is 0.280. The fourth-order valence-electron chi connectivity index (χ4n) is 3.46. The van der Waals surface area contributed by atoms with Gasteiger partial charge in [-0.25, -0.2) is 0 Å². The summed E-state index contributed by atoms with van der Waals surface area (Å²) in [5.41, 5.74) is 0.644. The molecule has 0 bridgehead atoms. The molecular weight excluding hydrogens is 450 g/mol. The van der Waals surface area contributed by atoms with E-state index in [-0.39, 0.29) is 12.2 Å². The van der Waals surface area contributed by atoms with Crippen LogP contribution in [0, 0.1) is 0 Å². The Morgan fingerprint density at radius 1 is 1.06 bits per heavy atom. The normalized spacial score (nSPS) is 16.0. The van der Waals surface area contributed by atoms with Crippen LogP contribution in [0.1, 0.15) is 17.7 Å². The Morgan fingerprint density at radius 2 is 1.88 bits per heavy atom. The monoisotopic (exact) mass is 463 g/mol. The lowest BCUT2D eigenvalue weighted by Gasteiger charge is -2.24. The van der Waals surface area contributed by atoms with Crippen molar-refractivity contribution in [3.63, 3.8) is 0 Å². The standard InChI is InChI=1S/C23H14ClN3O4S/c24-14-7-5-13(6-8-14)16-10-9-15(30-16)11-20-22(28)27-23(32-20)25-21(26-27)19-12-29-17-3-1-2-4-18(17)31-19/h1-11,19H,12H2/b20-11-/t19-/m1/s1. The maximum atomic E-state index is 12.9. The highest BCUT2D eigenvalue weighted by molar-refractivity contribution is 7.15. The fraction of sp³-hybridized carbons (Fsp3) is 0.0870. The number of hydrogen-bond donors (Lipinski definition) is 0. The average Bonchev–Trinajstić information content (AvgIpc) is 3.52. The van der Waals surface area contributed by atoms with Crippen molar-refractivity contribution in [1.29, 1.82) is 0 Å². The van der Waals surface area contributed by atoms with Crippen molar-refractivity contribution in [3.05, 3.63) is 92.2 Å². The number of aromatic nitrogens is 3. The molecule has 4 heterocycles. The molecule has 1 atom stereocenters. The summed E-state index contributed by atoms with van der Waals surface area (Å²) in [6, 6.07) is 18.5. The molecule has 0 amide bonds. The molecule has 7 nitrogen and oxygen atoms in total. The molecular formula is C23H14ClN3O4S. The molecule has 0 N–H and O–H groups in total. The minimum atomic E-state index is -0.476. The summed E-state index contributed by atoms with van der Waals surface area (Å²) in [4.78, 5) is 17.8. The molecule has 6 rings (SSSR count). The molecule has 0 spiro atoms. The molecule has 0 aliphatic carbocycles. The smallest absolute Gasteiger partial charge is 0.291 e. The Kier molecular flexibility index (Phi) is 4.48. The van der Waals surface area contributed by atoms with E-state index in [1.54, 1.807) is 18.2 Å². The first-order valence-electron chi connectivity index (χ1n) is 9.79. The van der Waals surface area contributed by atoms with Crippen LogP contribution >= 0.6 is 22.9 Å². The quantitative estimate of drug-likeness (QED) is 0.400. The van der Waals surface area contributed by atoms with Gasteiger partial charge in [0.05, 0.1) is 0 Å². The number of thiazole rings is 1. The van der Waals surface area contributed by atoms with E-state index in [0.717, 1.165) is 5.56 Å². The number of ether oxygens (including phenoxy) is 2. The zero-order valence-corrected chi connectivity index (χ0v) is 18.0. The van der Waals surface area contributed by atoms with E-state index in [2.05, 4.69) is 10.1 Å². The lowest BCUT2D eigenvalue weighted by molar-refractivity contribution is 0.0852. The Morgan fingerprint density at radius 3 is 2.69 bits per heavy atom. The molecule has 0 fully saturated rings. The SMILES string of the molecule is O=c1/c(=C/c2ccc(-c3ccc(Cl)cc3)o2)sc2nc([C@H]3COc4ccccc4O3)nn12. The lowest BCUT2D eigenvalue weighted by Crippen LogP contribution is -2.26. The van der Waals surface area contributed by atoms with E-state index >= 15 is 0 Å². The summed E-state index contributed by atoms with van der Waals surface area (Å²) >= 11 is 7.18. The topological polar surface area (TPSA) is 78.9 Å². The van der Waals surface area contributed by atoms with Crippen LogP contribution in [0.4, 0.5) is 0 Å². The maximum Gasteiger partial charge on any atom is 0.291 e. The highest BCUT2D eigenvalue weighted by Crippen LogP contribution is 2.35. The number of para-hydroxylation sites is 2. The lowest BCUT2D eigenvalue weighted by atomic mass is 10.2. The Labute approximate surface area is 190 Å². The summed E-state index contributed by atoms with van der Waals surface area (Å²) in [5.74, 6) is 2.99. The summed E-state index contributed by atoms with van der Waals surface area (Å²) in [5, 5.41) is 5.03. The first-order chi connectivity index (χ1) is 15.6. The Balaban J connectivity index is 1.30. The number of rotatable bonds is 3. The van der Waals surface area contributed by atoms with Crippen molar-refractivity contribution in [1.82, 2.24) is 14.6 Å². The zero-order chi connectivity index (χ0) is 21.7. The first-order valence-corrected chi connectivity index (χ1v) is 11.0. The number of benzene rings is 2. The largest absolute Gasteiger partial charge is 0.485 e. The van der Waals surface area contributed by atoms with Crippen molar-refractivity contribution in [2.45, 2.75) is 6.10 Å². The third kappa shape index (κ3) is 3.34. The number of fused-ring (bicyclic) bond motifs is 2. The number of nitrogens with zero attached hydrogens (tertiary/aromatic N) is 3. The molecule has 3 aromatic heterocycles. The van der Waals surface area contributed by atoms with E-state index in [4.69, 9.17) is 25.5 Å². The van der Waals surface area contributed by atoms with Crippen LogP contribution in [0.25, 0.3) is 22.4 Å². The molecule has 1 aliphatic heterocycles. The van der Waals surface area contributed by atoms with E-state index < -0.39 is 6.10 Å². The second-order valence-electron chi connectivity index (χ2n) is 7.15. The Hall–Kier alpha value is -3.62. The second kappa shape index (κ2) is 7.51. The van der Waals surface area contributed by atoms with Crippen LogP contribution < -0.4 is 19.6 Å². The minimum absolute atomic E-state index is 0.259. The van der Waals surface area contributed by atoms with Crippen LogP contribution in [0.5, 0.6) is 11.5 Å². The number of hydrogen-bond acceptors (Lipinski definition) is 7. The van der Waals surface area contributed by atoms with Gasteiger partial charge in [-0.05, 0) is 48.5 Å². The van der Waals surface area contributed by atoms with Gasteiger partial charge in [-0.1, -0.05) is 35.1 Å². The number of halogens is 1. The van der Waals surface area contributed by atoms with Gasteiger partial charge in [-0.15, -0.1) is 5.10 Å². The van der Waals surface area contributed by atoms with Gasteiger partial charge in [0.15, 0.2) is 23.4 Å². The van der Waals surface area contributed by atoms with Gasteiger partial charge in [0.25, 0.3) is 5.56 Å². The summed E-state index contributed by atoms with van der Waals surface area (Å²) < 4.78 is 19.3. The number of furan rings is 1. The highest BCUT2D eigenvalue weighted by atomic mass is 35.5. The predicted molar refractivity (Wildman–Crippen MR) is 120 cm³/mol. The molecule has 158 valence electrons. The van der Waals surface area contributed by atoms with Gasteiger partial charge in [0.1, 0.15) is 22.7 Å². The Bertz CT molecular complexity index is 1550. The molecule has 0 unspecified atom stereocenters. The van der Waals surface area contributed by atoms with Gasteiger partial charge < -0.3 is 13.9 Å². The van der Waals surface area contributed by atoms with Crippen LogP contribution in [0.2, 0.25) is 5.02 Å². The third-order valence-electron chi connectivity index (χ3n) is 5.02. The van der Waals surface area contributed by atoms with Gasteiger partial charge in [-0.3, -0.25) is 4.79 Å². The third-order valence-corrected chi connectivity index (χ3v) is 6.23. The van der Waals surface area contributed by atoms with Gasteiger partial charge in [-0.2, -0.15) is 9.50 Å². The van der Waals surface area contributed by atoms with Crippen LogP contribution in [0.15, 0.2) is 69.9 Å². The van der Waals surface area contributed by atoms with Crippen molar-refractivity contribution < 1.29 is 13.9 Å². The van der Waals surface area contributed by atoms with Crippen LogP contribution in [-0.2, 0) is 0 Å². The fourth-order valence-corrected chi connectivity index (χ4v) is 4.48. The molecule has 9 heteroatoms. The van der Waals surface area contributed by atoms with Crippen molar-refractivity contribution >= 4 is 34.0 Å². The summed E-state index contributed by atoms with van der Waals surface area (Å²) in [7, 11) is 0. The molecule has 1 aliphatic rings. The second-order valence-corrected chi connectivity index (χ2v) is 8.60. The zero-order valence-electron chi connectivity index (χ0n) is 16.4. The average molecular weight is 464 g/mol. The highest BCUT2D eigenvalue weighted by Gasteiger charge is 2.27. The van der Waals surface area contributed by atoms with Gasteiger partial charge in [0.2, 0.25) is 4.96 Å². The first kappa shape index (κ1) is 19.1. The van der Waals surface area contributed by atoms with E-state index in [1.165, 1.54) is 15.9 Å². The van der Waals surface area contributed by atoms with Gasteiger partial charge >= 0.3 is 0 Å². The molecule has 0 saturated heterocycles. The molecule has 0 saturated carbocycles. The molecule has 32 heavy (non-hydrogen) atoms. The molecule has 5 aromatic rings.